The summed E-state index contributed by atoms with van der Waals surface area (Å²) in [5.41, 5.74) is 15.5. The molecule has 0 saturated heterocycles. The first-order valence-corrected chi connectivity index (χ1v) is 20.9. The normalized spacial score (nSPS) is 17.4. The average Bonchev–Trinajstić information content (AvgIpc) is 3.84. The minimum absolute atomic E-state index is 0.467. The third kappa shape index (κ3) is 4.41. The van der Waals surface area contributed by atoms with Gasteiger partial charge in [-0.15, -0.1) is 11.3 Å². The van der Waals surface area contributed by atoms with Crippen molar-refractivity contribution >= 4 is 48.6 Å². The van der Waals surface area contributed by atoms with Crippen LogP contribution in [-0.2, 0) is 10.8 Å². The molecule has 2 heteroatoms. The Morgan fingerprint density at radius 3 is 1.57 bits per heavy atom. The summed E-state index contributed by atoms with van der Waals surface area (Å²) in [7, 11) is 0. The standard InChI is InChI=1S/C56H37NS/c1-4-18-38(19-5-1)55(40-34-36-42(37-35-40)57(41-22-8-3-9-23-41)51-32-17-27-46-44-25-11-15-33-52(44)58-54(46)51)48-29-13-14-30-49(48)56(39-20-6-2-7-21-39)47-28-12-10-24-43(47)45-26-16-31-50(55)53(45)56/h1-37H. The minimum atomic E-state index is -0.592. The molecular formula is C56H37NS. The highest BCUT2D eigenvalue weighted by atomic mass is 32.1. The molecule has 0 spiro atoms. The van der Waals surface area contributed by atoms with Crippen LogP contribution in [0.15, 0.2) is 224 Å². The van der Waals surface area contributed by atoms with Crippen molar-refractivity contribution in [3.63, 3.8) is 0 Å². The number of rotatable bonds is 6. The second-order valence-corrected chi connectivity index (χ2v) is 16.6. The molecule has 0 amide bonds. The van der Waals surface area contributed by atoms with E-state index in [1.165, 1.54) is 81.5 Å². The summed E-state index contributed by atoms with van der Waals surface area (Å²) in [6, 6.07) is 83.7. The first-order chi connectivity index (χ1) is 28.8. The van der Waals surface area contributed by atoms with Crippen LogP contribution in [-0.4, -0.2) is 0 Å². The van der Waals surface area contributed by atoms with Gasteiger partial charge in [0.1, 0.15) is 0 Å². The first kappa shape index (κ1) is 33.2. The monoisotopic (exact) mass is 755 g/mol. The van der Waals surface area contributed by atoms with E-state index in [9.17, 15) is 0 Å². The molecule has 272 valence electrons. The van der Waals surface area contributed by atoms with E-state index in [0.717, 1.165) is 11.4 Å². The number of nitrogens with zero attached hydrogens (tertiary/aromatic N) is 1. The first-order valence-electron chi connectivity index (χ1n) is 20.1. The predicted molar refractivity (Wildman–Crippen MR) is 243 cm³/mol. The summed E-state index contributed by atoms with van der Waals surface area (Å²) in [4.78, 5) is 2.43. The number of fused-ring (bicyclic) bond motifs is 8. The third-order valence-electron chi connectivity index (χ3n) is 12.8. The lowest BCUT2D eigenvalue weighted by Gasteiger charge is -2.49. The Morgan fingerprint density at radius 1 is 0.328 bits per heavy atom. The maximum Gasteiger partial charge on any atom is 0.0720 e. The molecule has 1 aromatic heterocycles. The van der Waals surface area contributed by atoms with Gasteiger partial charge in [0.15, 0.2) is 0 Å². The zero-order valence-corrected chi connectivity index (χ0v) is 32.5. The number of anilines is 3. The number of hydrogen-bond donors (Lipinski definition) is 0. The maximum absolute atomic E-state index is 2.43. The van der Waals surface area contributed by atoms with Crippen LogP contribution < -0.4 is 4.90 Å². The van der Waals surface area contributed by atoms with E-state index < -0.39 is 10.8 Å². The molecule has 1 heterocycles. The lowest BCUT2D eigenvalue weighted by Crippen LogP contribution is -2.44. The Bertz CT molecular complexity index is 3170. The summed E-state index contributed by atoms with van der Waals surface area (Å²) in [6.07, 6.45) is 0. The summed E-state index contributed by atoms with van der Waals surface area (Å²) in [5.74, 6) is 0. The molecule has 0 fully saturated rings. The van der Waals surface area contributed by atoms with Crippen LogP contribution in [0.4, 0.5) is 17.1 Å². The van der Waals surface area contributed by atoms with Crippen molar-refractivity contribution in [2.24, 2.45) is 0 Å². The molecule has 58 heavy (non-hydrogen) atoms. The van der Waals surface area contributed by atoms with E-state index >= 15 is 0 Å². The Balaban J connectivity index is 1.14. The maximum atomic E-state index is 2.43. The summed E-state index contributed by atoms with van der Waals surface area (Å²) in [5, 5.41) is 2.59. The molecule has 1 nitrogen and oxygen atoms in total. The summed E-state index contributed by atoms with van der Waals surface area (Å²) >= 11 is 1.87. The molecule has 2 aliphatic carbocycles. The van der Waals surface area contributed by atoms with Crippen molar-refractivity contribution in [3.8, 4) is 11.1 Å². The highest BCUT2D eigenvalue weighted by Crippen LogP contribution is 2.65. The van der Waals surface area contributed by atoms with Crippen molar-refractivity contribution in [2.75, 3.05) is 4.90 Å². The van der Waals surface area contributed by atoms with Gasteiger partial charge in [-0.2, -0.15) is 0 Å². The van der Waals surface area contributed by atoms with Gasteiger partial charge >= 0.3 is 0 Å². The van der Waals surface area contributed by atoms with Crippen LogP contribution in [0.5, 0.6) is 0 Å². The SMILES string of the molecule is c1ccc(N(c2ccc(C3(c4ccccc4)c4ccccc4C4(c5ccccc5)c5ccccc5-c5cccc3c54)cc2)c2cccc3c2sc2ccccc23)cc1. The van der Waals surface area contributed by atoms with Crippen molar-refractivity contribution in [1.82, 2.24) is 0 Å². The zero-order chi connectivity index (χ0) is 38.3. The van der Waals surface area contributed by atoms with Gasteiger partial charge in [0, 0.05) is 26.8 Å². The quantitative estimate of drug-likeness (QED) is 0.163. The number of thiophene rings is 1. The topological polar surface area (TPSA) is 3.24 Å². The van der Waals surface area contributed by atoms with Crippen LogP contribution in [0, 0.1) is 0 Å². The van der Waals surface area contributed by atoms with Gasteiger partial charge in [0.05, 0.1) is 21.2 Å². The Morgan fingerprint density at radius 2 is 0.828 bits per heavy atom. The van der Waals surface area contributed by atoms with Gasteiger partial charge in [-0.1, -0.05) is 188 Å². The Labute approximate surface area is 342 Å². The lowest BCUT2D eigenvalue weighted by atomic mass is 9.52. The predicted octanol–water partition coefficient (Wildman–Crippen LogP) is 14.6. The van der Waals surface area contributed by atoms with Crippen LogP contribution in [0.3, 0.4) is 0 Å². The van der Waals surface area contributed by atoms with Crippen LogP contribution >= 0.6 is 11.3 Å². The molecule has 0 radical (unpaired) electrons. The molecular weight excluding hydrogens is 719 g/mol. The molecule has 0 bridgehead atoms. The van der Waals surface area contributed by atoms with Crippen molar-refractivity contribution in [3.05, 3.63) is 269 Å². The summed E-state index contributed by atoms with van der Waals surface area (Å²) < 4.78 is 2.59. The molecule has 10 aromatic rings. The van der Waals surface area contributed by atoms with Gasteiger partial charge in [-0.25, -0.2) is 0 Å². The van der Waals surface area contributed by atoms with E-state index in [1.54, 1.807) is 0 Å². The fraction of sp³-hybridized carbons (Fsp3) is 0.0357. The van der Waals surface area contributed by atoms with Crippen LogP contribution in [0.2, 0.25) is 0 Å². The highest BCUT2D eigenvalue weighted by Gasteiger charge is 2.57. The fourth-order valence-electron chi connectivity index (χ4n) is 10.6. The molecule has 0 N–H and O–H groups in total. The number of benzene rings is 9. The van der Waals surface area contributed by atoms with Gasteiger partial charge in [-0.05, 0) is 92.0 Å². The second-order valence-electron chi connectivity index (χ2n) is 15.5. The van der Waals surface area contributed by atoms with Gasteiger partial charge < -0.3 is 4.90 Å². The second kappa shape index (κ2) is 12.8. The van der Waals surface area contributed by atoms with Crippen molar-refractivity contribution in [2.45, 2.75) is 10.8 Å². The van der Waals surface area contributed by atoms with Crippen LogP contribution in [0.25, 0.3) is 31.3 Å². The molecule has 9 aromatic carbocycles. The van der Waals surface area contributed by atoms with E-state index in [2.05, 4.69) is 229 Å². The molecule has 2 atom stereocenters. The molecule has 2 unspecified atom stereocenters. The van der Waals surface area contributed by atoms with Crippen LogP contribution in [0.1, 0.15) is 44.5 Å². The average molecular weight is 756 g/mol. The third-order valence-corrected chi connectivity index (χ3v) is 14.0. The van der Waals surface area contributed by atoms with E-state index in [1.807, 2.05) is 11.3 Å². The van der Waals surface area contributed by atoms with E-state index in [-0.39, 0.29) is 0 Å². The smallest absolute Gasteiger partial charge is 0.0720 e. The number of hydrogen-bond acceptors (Lipinski definition) is 2. The largest absolute Gasteiger partial charge is 0.309 e. The van der Waals surface area contributed by atoms with Crippen molar-refractivity contribution < 1.29 is 0 Å². The van der Waals surface area contributed by atoms with Gasteiger partial charge in [0.2, 0.25) is 0 Å². The zero-order valence-electron chi connectivity index (χ0n) is 31.7. The Kier molecular flexibility index (Phi) is 7.30. The van der Waals surface area contributed by atoms with Gasteiger partial charge in [0.25, 0.3) is 0 Å². The van der Waals surface area contributed by atoms with E-state index in [4.69, 9.17) is 0 Å². The van der Waals surface area contributed by atoms with E-state index in [0.29, 0.717) is 0 Å². The molecule has 12 rings (SSSR count). The van der Waals surface area contributed by atoms with Gasteiger partial charge in [-0.3, -0.25) is 0 Å². The minimum Gasteiger partial charge on any atom is -0.309 e. The lowest BCUT2D eigenvalue weighted by molar-refractivity contribution is 0.626. The molecule has 2 aliphatic rings. The van der Waals surface area contributed by atoms with Crippen molar-refractivity contribution in [1.29, 1.82) is 0 Å². The summed E-state index contributed by atoms with van der Waals surface area (Å²) in [6.45, 7) is 0. The highest BCUT2D eigenvalue weighted by molar-refractivity contribution is 7.26. The molecule has 0 aliphatic heterocycles. The fourth-order valence-corrected chi connectivity index (χ4v) is 11.8. The number of para-hydroxylation sites is 1. The molecule has 0 saturated carbocycles. The Hall–Kier alpha value is -7.00.